The molecular weight excluding hydrogens is 164 g/mol. The molecule has 0 radical (unpaired) electrons. The summed E-state index contributed by atoms with van der Waals surface area (Å²) in [5, 5.41) is 2.33. The predicted octanol–water partition coefficient (Wildman–Crippen LogP) is 1.01. The summed E-state index contributed by atoms with van der Waals surface area (Å²) in [6.07, 6.45) is 4.10. The van der Waals surface area contributed by atoms with Gasteiger partial charge in [0.05, 0.1) is 13.2 Å². The number of nitrogens with zero attached hydrogens (tertiary/aromatic N) is 1. The summed E-state index contributed by atoms with van der Waals surface area (Å²) in [5.74, 6) is 0.952. The highest BCUT2D eigenvalue weighted by atomic mass is 16.5. The fourth-order valence-corrected chi connectivity index (χ4v) is 1.96. The molecule has 2 aliphatic rings. The van der Waals surface area contributed by atoms with Gasteiger partial charge in [-0.2, -0.15) is 0 Å². The second kappa shape index (κ2) is 4.40. The summed E-state index contributed by atoms with van der Waals surface area (Å²) < 4.78 is 5.31. The predicted molar refractivity (Wildman–Crippen MR) is 52.3 cm³/mol. The van der Waals surface area contributed by atoms with Crippen LogP contribution in [-0.2, 0) is 4.74 Å². The van der Waals surface area contributed by atoms with Crippen LogP contribution in [0.1, 0.15) is 26.2 Å². The van der Waals surface area contributed by atoms with Gasteiger partial charge in [0.1, 0.15) is 0 Å². The summed E-state index contributed by atoms with van der Waals surface area (Å²) >= 11 is 0. The third kappa shape index (κ3) is 2.66. The van der Waals surface area contributed by atoms with Gasteiger partial charge in [0.15, 0.2) is 0 Å². The number of rotatable bonds is 4. The molecule has 0 aromatic carbocycles. The van der Waals surface area contributed by atoms with E-state index in [0.717, 1.165) is 38.3 Å². The van der Waals surface area contributed by atoms with Crippen LogP contribution >= 0.6 is 0 Å². The molecule has 2 rings (SSSR count). The van der Waals surface area contributed by atoms with Gasteiger partial charge in [-0.3, -0.25) is 5.43 Å². The maximum Gasteiger partial charge on any atom is 0.0608 e. The van der Waals surface area contributed by atoms with Crippen molar-refractivity contribution in [1.29, 1.82) is 0 Å². The Bertz CT molecular complexity index is 153. The smallest absolute Gasteiger partial charge is 0.0608 e. The van der Waals surface area contributed by atoms with Crippen LogP contribution in [0.25, 0.3) is 0 Å². The SMILES string of the molecule is CCC(NN1CCOCC1)C1CC1. The molecule has 3 heteroatoms. The van der Waals surface area contributed by atoms with Gasteiger partial charge in [-0.05, 0) is 25.2 Å². The summed E-state index contributed by atoms with van der Waals surface area (Å²) in [7, 11) is 0. The molecule has 1 aliphatic heterocycles. The first-order valence-electron chi connectivity index (χ1n) is 5.49. The average Bonchev–Trinajstić information content (AvgIpc) is 2.99. The Labute approximate surface area is 80.4 Å². The van der Waals surface area contributed by atoms with Gasteiger partial charge in [0.25, 0.3) is 0 Å². The van der Waals surface area contributed by atoms with Gasteiger partial charge < -0.3 is 4.74 Å². The molecule has 0 amide bonds. The molecule has 13 heavy (non-hydrogen) atoms. The molecule has 0 bridgehead atoms. The average molecular weight is 184 g/mol. The number of ether oxygens (including phenoxy) is 1. The monoisotopic (exact) mass is 184 g/mol. The van der Waals surface area contributed by atoms with Gasteiger partial charge >= 0.3 is 0 Å². The first-order chi connectivity index (χ1) is 6.40. The van der Waals surface area contributed by atoms with E-state index in [-0.39, 0.29) is 0 Å². The zero-order valence-corrected chi connectivity index (χ0v) is 8.46. The lowest BCUT2D eigenvalue weighted by molar-refractivity contribution is 0.00128. The Hall–Kier alpha value is -0.120. The van der Waals surface area contributed by atoms with Crippen molar-refractivity contribution in [2.75, 3.05) is 26.3 Å². The van der Waals surface area contributed by atoms with Crippen molar-refractivity contribution < 1.29 is 4.74 Å². The normalized spacial score (nSPS) is 27.5. The zero-order chi connectivity index (χ0) is 9.10. The second-order valence-corrected chi connectivity index (χ2v) is 4.08. The molecule has 1 heterocycles. The minimum absolute atomic E-state index is 0.720. The summed E-state index contributed by atoms with van der Waals surface area (Å²) in [5.41, 5.74) is 3.62. The van der Waals surface area contributed by atoms with Gasteiger partial charge in [0, 0.05) is 19.1 Å². The third-order valence-electron chi connectivity index (χ3n) is 2.99. The molecule has 3 nitrogen and oxygen atoms in total. The van der Waals surface area contributed by atoms with Crippen molar-refractivity contribution in [2.24, 2.45) is 5.92 Å². The quantitative estimate of drug-likeness (QED) is 0.706. The molecular formula is C10H20N2O. The molecule has 1 N–H and O–H groups in total. The van der Waals surface area contributed by atoms with E-state index in [1.54, 1.807) is 0 Å². The molecule has 1 unspecified atom stereocenters. The highest BCUT2D eigenvalue weighted by molar-refractivity contribution is 4.85. The molecule has 1 saturated carbocycles. The van der Waals surface area contributed by atoms with Crippen LogP contribution in [0.5, 0.6) is 0 Å². The summed E-state index contributed by atoms with van der Waals surface area (Å²) in [6.45, 7) is 6.13. The van der Waals surface area contributed by atoms with Crippen LogP contribution in [0.15, 0.2) is 0 Å². The van der Waals surface area contributed by atoms with Gasteiger partial charge in [0.2, 0.25) is 0 Å². The maximum atomic E-state index is 5.31. The van der Waals surface area contributed by atoms with Crippen LogP contribution < -0.4 is 5.43 Å². The van der Waals surface area contributed by atoms with E-state index in [2.05, 4.69) is 17.4 Å². The van der Waals surface area contributed by atoms with Crippen LogP contribution in [0, 0.1) is 5.92 Å². The molecule has 0 aromatic heterocycles. The Morgan fingerprint density at radius 2 is 2.08 bits per heavy atom. The minimum Gasteiger partial charge on any atom is -0.379 e. The fraction of sp³-hybridized carbons (Fsp3) is 1.00. The molecule has 1 aliphatic carbocycles. The van der Waals surface area contributed by atoms with E-state index in [4.69, 9.17) is 4.74 Å². The fourth-order valence-electron chi connectivity index (χ4n) is 1.96. The van der Waals surface area contributed by atoms with Crippen LogP contribution in [-0.4, -0.2) is 37.4 Å². The van der Waals surface area contributed by atoms with E-state index in [1.165, 1.54) is 19.3 Å². The zero-order valence-electron chi connectivity index (χ0n) is 8.46. The van der Waals surface area contributed by atoms with Crippen molar-refractivity contribution in [1.82, 2.24) is 10.4 Å². The molecule has 0 aromatic rings. The number of hydrazine groups is 1. The van der Waals surface area contributed by atoms with E-state index in [0.29, 0.717) is 0 Å². The molecule has 76 valence electrons. The number of hydrogen-bond acceptors (Lipinski definition) is 3. The standard InChI is InChI=1S/C10H20N2O/c1-2-10(9-3-4-9)11-12-5-7-13-8-6-12/h9-11H,2-8H2,1H3. The topological polar surface area (TPSA) is 24.5 Å². The molecule has 2 fully saturated rings. The highest BCUT2D eigenvalue weighted by Gasteiger charge is 2.31. The molecule has 1 atom stereocenters. The van der Waals surface area contributed by atoms with Crippen LogP contribution in [0.3, 0.4) is 0 Å². The first kappa shape index (κ1) is 9.44. The number of hydrogen-bond donors (Lipinski definition) is 1. The lowest BCUT2D eigenvalue weighted by atomic mass is 10.1. The van der Waals surface area contributed by atoms with Crippen molar-refractivity contribution >= 4 is 0 Å². The minimum atomic E-state index is 0.720. The largest absolute Gasteiger partial charge is 0.379 e. The van der Waals surface area contributed by atoms with Crippen molar-refractivity contribution in [3.63, 3.8) is 0 Å². The van der Waals surface area contributed by atoms with E-state index >= 15 is 0 Å². The van der Waals surface area contributed by atoms with Crippen molar-refractivity contribution in [3.05, 3.63) is 0 Å². The highest BCUT2D eigenvalue weighted by Crippen LogP contribution is 2.33. The Kier molecular flexibility index (Phi) is 3.19. The second-order valence-electron chi connectivity index (χ2n) is 4.08. The lowest BCUT2D eigenvalue weighted by Crippen LogP contribution is -2.50. The molecule has 1 saturated heterocycles. The number of morpholine rings is 1. The van der Waals surface area contributed by atoms with Gasteiger partial charge in [-0.15, -0.1) is 0 Å². The number of nitrogens with one attached hydrogen (secondary N) is 1. The van der Waals surface area contributed by atoms with E-state index < -0.39 is 0 Å². The van der Waals surface area contributed by atoms with Crippen molar-refractivity contribution in [3.8, 4) is 0 Å². The van der Waals surface area contributed by atoms with Crippen LogP contribution in [0.4, 0.5) is 0 Å². The van der Waals surface area contributed by atoms with E-state index in [1.807, 2.05) is 0 Å². The maximum absolute atomic E-state index is 5.31. The van der Waals surface area contributed by atoms with Gasteiger partial charge in [-0.25, -0.2) is 5.01 Å². The third-order valence-corrected chi connectivity index (χ3v) is 2.99. The van der Waals surface area contributed by atoms with E-state index in [9.17, 15) is 0 Å². The summed E-state index contributed by atoms with van der Waals surface area (Å²) in [6, 6.07) is 0.720. The lowest BCUT2D eigenvalue weighted by Gasteiger charge is -2.31. The first-order valence-corrected chi connectivity index (χ1v) is 5.49. The summed E-state index contributed by atoms with van der Waals surface area (Å²) in [4.78, 5) is 0. The Balaban J connectivity index is 1.73. The molecule has 0 spiro atoms. The Morgan fingerprint density at radius 3 is 2.62 bits per heavy atom. The van der Waals surface area contributed by atoms with Crippen molar-refractivity contribution in [2.45, 2.75) is 32.2 Å². The van der Waals surface area contributed by atoms with Gasteiger partial charge in [-0.1, -0.05) is 6.92 Å². The Morgan fingerprint density at radius 1 is 1.38 bits per heavy atom. The van der Waals surface area contributed by atoms with Crippen LogP contribution in [0.2, 0.25) is 0 Å².